The van der Waals surface area contributed by atoms with Crippen LogP contribution in [-0.4, -0.2) is 47.4 Å². The lowest BCUT2D eigenvalue weighted by molar-refractivity contribution is 0.0203. The van der Waals surface area contributed by atoms with Gasteiger partial charge in [-0.2, -0.15) is 0 Å². The van der Waals surface area contributed by atoms with Crippen LogP contribution < -0.4 is 0 Å². The van der Waals surface area contributed by atoms with E-state index in [0.717, 1.165) is 11.3 Å². The van der Waals surface area contributed by atoms with Gasteiger partial charge in [0.1, 0.15) is 11.2 Å². The highest BCUT2D eigenvalue weighted by molar-refractivity contribution is 6.74. The summed E-state index contributed by atoms with van der Waals surface area (Å²) in [6.45, 7) is 18.1. The first-order chi connectivity index (χ1) is 14.2. The molecule has 0 radical (unpaired) electrons. The van der Waals surface area contributed by atoms with E-state index in [1.165, 1.54) is 18.4 Å². The van der Waals surface area contributed by atoms with Crippen molar-refractivity contribution in [1.82, 2.24) is 14.3 Å². The van der Waals surface area contributed by atoms with Crippen LogP contribution in [-0.2, 0) is 15.7 Å². The summed E-state index contributed by atoms with van der Waals surface area (Å²) in [5, 5.41) is 0.130. The molecule has 172 valence electrons. The zero-order valence-corrected chi connectivity index (χ0v) is 21.5. The fourth-order valence-electron chi connectivity index (χ4n) is 3.18. The summed E-state index contributed by atoms with van der Waals surface area (Å²) < 4.78 is 14.0. The second-order valence-corrected chi connectivity index (χ2v) is 16.1. The van der Waals surface area contributed by atoms with Crippen molar-refractivity contribution in [3.63, 3.8) is 0 Å². The fraction of sp³-hybridized carbons (Fsp3) is 0.667. The Morgan fingerprint density at radius 3 is 2.42 bits per heavy atom. The molecule has 2 aromatic rings. The molecule has 2 heterocycles. The van der Waals surface area contributed by atoms with Gasteiger partial charge in [-0.25, -0.2) is 9.78 Å². The van der Waals surface area contributed by atoms with Gasteiger partial charge in [0.15, 0.2) is 8.32 Å². The first-order valence-corrected chi connectivity index (χ1v) is 14.3. The summed E-state index contributed by atoms with van der Waals surface area (Å²) in [6, 6.07) is 4.23. The molecule has 1 amide bonds. The Bertz CT molecular complexity index is 920. The van der Waals surface area contributed by atoms with E-state index in [1.807, 2.05) is 27.0 Å². The molecule has 0 spiro atoms. The van der Waals surface area contributed by atoms with Gasteiger partial charge in [0.25, 0.3) is 0 Å². The number of ether oxygens (including phenoxy) is 1. The molecular weight excluding hydrogens is 406 g/mol. The van der Waals surface area contributed by atoms with Crippen LogP contribution in [0.2, 0.25) is 18.1 Å². The Balaban J connectivity index is 1.72. The predicted molar refractivity (Wildman–Crippen MR) is 127 cm³/mol. The number of hydrogen-bond donors (Lipinski definition) is 0. The third-order valence-corrected chi connectivity index (χ3v) is 10.7. The van der Waals surface area contributed by atoms with E-state index in [9.17, 15) is 4.79 Å². The fourth-order valence-corrected chi connectivity index (χ4v) is 4.21. The zero-order valence-electron chi connectivity index (χ0n) is 20.5. The molecule has 0 unspecified atom stereocenters. The summed E-state index contributed by atoms with van der Waals surface area (Å²) in [4.78, 5) is 19.3. The van der Waals surface area contributed by atoms with Crippen molar-refractivity contribution in [2.75, 3.05) is 13.2 Å². The van der Waals surface area contributed by atoms with Gasteiger partial charge in [0.05, 0.1) is 18.8 Å². The minimum atomic E-state index is -1.88. The normalized spacial score (nSPS) is 15.4. The van der Waals surface area contributed by atoms with Gasteiger partial charge in [-0.3, -0.25) is 4.90 Å². The SMILES string of the molecule is CC(C)(C)OC(=O)N(CCO[Si](C)(C)C(C)(C)C)Cc1cn2cc(C3CC3)ccc2n1. The highest BCUT2D eigenvalue weighted by Gasteiger charge is 2.37. The molecule has 2 aromatic heterocycles. The number of carbonyl (C=O) groups is 1. The van der Waals surface area contributed by atoms with Gasteiger partial charge < -0.3 is 13.6 Å². The van der Waals surface area contributed by atoms with Gasteiger partial charge in [-0.15, -0.1) is 0 Å². The molecule has 0 bridgehead atoms. The first-order valence-electron chi connectivity index (χ1n) is 11.3. The lowest BCUT2D eigenvalue weighted by Gasteiger charge is -2.37. The van der Waals surface area contributed by atoms with E-state index in [1.54, 1.807) is 4.90 Å². The predicted octanol–water partition coefficient (Wildman–Crippen LogP) is 5.97. The average molecular weight is 446 g/mol. The van der Waals surface area contributed by atoms with Crippen molar-refractivity contribution < 1.29 is 14.0 Å². The van der Waals surface area contributed by atoms with Crippen molar-refractivity contribution in [2.45, 2.75) is 90.6 Å². The monoisotopic (exact) mass is 445 g/mol. The lowest BCUT2D eigenvalue weighted by atomic mass is 10.2. The van der Waals surface area contributed by atoms with E-state index in [-0.39, 0.29) is 11.1 Å². The van der Waals surface area contributed by atoms with Crippen molar-refractivity contribution >= 4 is 20.1 Å². The molecule has 6 nitrogen and oxygen atoms in total. The molecule has 0 saturated heterocycles. The largest absolute Gasteiger partial charge is 0.444 e. The highest BCUT2D eigenvalue weighted by atomic mass is 28.4. The quantitative estimate of drug-likeness (QED) is 0.493. The maximum atomic E-state index is 12.9. The molecule has 1 fully saturated rings. The Morgan fingerprint density at radius 2 is 1.84 bits per heavy atom. The summed E-state index contributed by atoms with van der Waals surface area (Å²) >= 11 is 0. The minimum absolute atomic E-state index is 0.130. The van der Waals surface area contributed by atoms with E-state index >= 15 is 0 Å². The van der Waals surface area contributed by atoms with Crippen LogP contribution in [0.3, 0.4) is 0 Å². The van der Waals surface area contributed by atoms with E-state index in [2.05, 4.69) is 56.6 Å². The van der Waals surface area contributed by atoms with Gasteiger partial charge in [0.2, 0.25) is 0 Å². The molecule has 0 atom stereocenters. The second kappa shape index (κ2) is 8.58. The number of rotatable bonds is 7. The Hall–Kier alpha value is -1.86. The number of aromatic nitrogens is 2. The van der Waals surface area contributed by atoms with Crippen LogP contribution in [0.5, 0.6) is 0 Å². The van der Waals surface area contributed by atoms with Gasteiger partial charge in [-0.05, 0) is 69.3 Å². The Morgan fingerprint density at radius 1 is 1.16 bits per heavy atom. The third-order valence-electron chi connectivity index (χ3n) is 6.21. The second-order valence-electron chi connectivity index (χ2n) is 11.2. The average Bonchev–Trinajstić information content (AvgIpc) is 3.38. The number of carbonyl (C=O) groups excluding carboxylic acids is 1. The van der Waals surface area contributed by atoms with Gasteiger partial charge in [-0.1, -0.05) is 26.8 Å². The van der Waals surface area contributed by atoms with Gasteiger partial charge in [0, 0.05) is 18.9 Å². The Labute approximate surface area is 188 Å². The van der Waals surface area contributed by atoms with E-state index in [0.29, 0.717) is 25.6 Å². The zero-order chi connectivity index (χ0) is 23.0. The van der Waals surface area contributed by atoms with Crippen LogP contribution in [0.4, 0.5) is 4.79 Å². The van der Waals surface area contributed by atoms with Crippen molar-refractivity contribution in [1.29, 1.82) is 0 Å². The maximum absolute atomic E-state index is 12.9. The maximum Gasteiger partial charge on any atom is 0.410 e. The standard InChI is InChI=1S/C24H39N3O3Si/c1-23(2,3)30-22(28)26(13-14-29-31(7,8)24(4,5)6)16-20-17-27-15-19(18-9-10-18)11-12-21(27)25-20/h11-12,15,17-18H,9-10,13-14,16H2,1-8H3. The summed E-state index contributed by atoms with van der Waals surface area (Å²) in [6.07, 6.45) is 6.40. The number of hydrogen-bond acceptors (Lipinski definition) is 4. The molecule has 31 heavy (non-hydrogen) atoms. The molecule has 0 N–H and O–H groups in total. The van der Waals surface area contributed by atoms with Crippen molar-refractivity contribution in [3.8, 4) is 0 Å². The van der Waals surface area contributed by atoms with Crippen LogP contribution in [0.15, 0.2) is 24.5 Å². The molecule has 7 heteroatoms. The summed E-state index contributed by atoms with van der Waals surface area (Å²) in [5.41, 5.74) is 2.57. The number of pyridine rings is 1. The molecule has 0 aliphatic heterocycles. The molecule has 0 aromatic carbocycles. The Kier molecular flexibility index (Phi) is 6.59. The molecule has 1 aliphatic carbocycles. The molecule has 1 aliphatic rings. The molecular formula is C24H39N3O3Si. The topological polar surface area (TPSA) is 56.1 Å². The van der Waals surface area contributed by atoms with Crippen molar-refractivity contribution in [2.24, 2.45) is 0 Å². The van der Waals surface area contributed by atoms with Crippen LogP contribution >= 0.6 is 0 Å². The summed E-state index contributed by atoms with van der Waals surface area (Å²) in [7, 11) is -1.88. The summed E-state index contributed by atoms with van der Waals surface area (Å²) in [5.74, 6) is 0.695. The van der Waals surface area contributed by atoms with Crippen molar-refractivity contribution in [3.05, 3.63) is 35.8 Å². The molecule has 1 saturated carbocycles. The number of imidazole rings is 1. The number of amides is 1. The van der Waals surface area contributed by atoms with Crippen LogP contribution in [0.25, 0.3) is 5.65 Å². The smallest absolute Gasteiger partial charge is 0.410 e. The van der Waals surface area contributed by atoms with E-state index < -0.39 is 13.9 Å². The van der Waals surface area contributed by atoms with Gasteiger partial charge >= 0.3 is 6.09 Å². The third kappa shape index (κ3) is 6.32. The first kappa shape index (κ1) is 23.8. The highest BCUT2D eigenvalue weighted by Crippen LogP contribution is 2.40. The molecule has 3 rings (SSSR count). The number of fused-ring (bicyclic) bond motifs is 1. The van der Waals surface area contributed by atoms with Crippen LogP contribution in [0.1, 0.15) is 71.6 Å². The van der Waals surface area contributed by atoms with E-state index in [4.69, 9.17) is 14.1 Å². The minimum Gasteiger partial charge on any atom is -0.444 e. The number of nitrogens with zero attached hydrogens (tertiary/aromatic N) is 3. The van der Waals surface area contributed by atoms with Crippen LogP contribution in [0, 0.1) is 0 Å². The lowest BCUT2D eigenvalue weighted by Crippen LogP contribution is -2.44.